The summed E-state index contributed by atoms with van der Waals surface area (Å²) in [7, 11) is 0. The van der Waals surface area contributed by atoms with Crippen LogP contribution in [0, 0.1) is 34.0 Å². The lowest BCUT2D eigenvalue weighted by Crippen LogP contribution is -2.43. The first-order valence-electron chi connectivity index (χ1n) is 10.1. The van der Waals surface area contributed by atoms with E-state index in [9.17, 15) is 15.8 Å². The molecule has 3 aromatic carbocycles. The molecular weight excluding hydrogens is 402 g/mol. The smallest absolute Gasteiger partial charge is 0.232 e. The Morgan fingerprint density at radius 1 is 0.719 bits per heavy atom. The van der Waals surface area contributed by atoms with Crippen LogP contribution >= 0.6 is 0 Å². The van der Waals surface area contributed by atoms with E-state index in [0.717, 1.165) is 5.56 Å². The van der Waals surface area contributed by atoms with E-state index in [1.54, 1.807) is 48.5 Å². The maximum absolute atomic E-state index is 9.46. The molecule has 0 bridgehead atoms. The van der Waals surface area contributed by atoms with Gasteiger partial charge in [0.25, 0.3) is 0 Å². The first kappa shape index (κ1) is 19.9. The monoisotopic (exact) mass is 419 g/mol. The lowest BCUT2D eigenvalue weighted by molar-refractivity contribution is -0.231. The van der Waals surface area contributed by atoms with Gasteiger partial charge in [0.1, 0.15) is 0 Å². The van der Waals surface area contributed by atoms with Crippen molar-refractivity contribution in [3.8, 4) is 18.2 Å². The third-order valence-electron chi connectivity index (χ3n) is 5.99. The molecule has 3 atom stereocenters. The van der Waals surface area contributed by atoms with Gasteiger partial charge in [-0.1, -0.05) is 36.4 Å². The van der Waals surface area contributed by atoms with Crippen molar-refractivity contribution < 1.29 is 14.2 Å². The lowest BCUT2D eigenvalue weighted by Gasteiger charge is -2.36. The summed E-state index contributed by atoms with van der Waals surface area (Å²) in [6.45, 7) is 0.374. The van der Waals surface area contributed by atoms with Crippen molar-refractivity contribution in [2.45, 2.75) is 24.1 Å². The SMILES string of the molecule is N#Cc1cccc([C@H]2O[C@]3(c4cccc(C#N)c4)OCC[C@]3(c3cccc(C#N)c3)O2)c1. The van der Waals surface area contributed by atoms with Crippen molar-refractivity contribution >= 4 is 0 Å². The van der Waals surface area contributed by atoms with Crippen LogP contribution in [0.1, 0.15) is 46.1 Å². The Morgan fingerprint density at radius 2 is 1.31 bits per heavy atom. The molecule has 2 aliphatic rings. The van der Waals surface area contributed by atoms with Crippen LogP contribution in [0.25, 0.3) is 0 Å². The predicted molar refractivity (Wildman–Crippen MR) is 112 cm³/mol. The minimum absolute atomic E-state index is 0.374. The van der Waals surface area contributed by atoms with Crippen LogP contribution in [-0.4, -0.2) is 6.61 Å². The molecule has 0 amide bonds. The van der Waals surface area contributed by atoms with Crippen molar-refractivity contribution in [1.82, 2.24) is 0 Å². The van der Waals surface area contributed by atoms with Gasteiger partial charge in [-0.3, -0.25) is 0 Å². The van der Waals surface area contributed by atoms with Crippen LogP contribution in [0.3, 0.4) is 0 Å². The maximum Gasteiger partial charge on any atom is 0.232 e. The summed E-state index contributed by atoms with van der Waals surface area (Å²) in [6.07, 6.45) is -0.312. The van der Waals surface area contributed by atoms with Gasteiger partial charge in [-0.2, -0.15) is 15.8 Å². The largest absolute Gasteiger partial charge is 0.343 e. The Kier molecular flexibility index (Phi) is 4.74. The summed E-state index contributed by atoms with van der Waals surface area (Å²) >= 11 is 0. The highest BCUT2D eigenvalue weighted by atomic mass is 16.8. The molecule has 6 heteroatoms. The van der Waals surface area contributed by atoms with Crippen molar-refractivity contribution in [1.29, 1.82) is 15.8 Å². The van der Waals surface area contributed by atoms with Gasteiger partial charge < -0.3 is 14.2 Å². The molecule has 32 heavy (non-hydrogen) atoms. The topological polar surface area (TPSA) is 99.1 Å². The zero-order valence-corrected chi connectivity index (χ0v) is 17.0. The number of rotatable bonds is 3. The second-order valence-corrected chi connectivity index (χ2v) is 7.73. The normalized spacial score (nSPS) is 26.0. The third kappa shape index (κ3) is 2.89. The number of benzene rings is 3. The fraction of sp³-hybridized carbons (Fsp3) is 0.192. The standard InChI is InChI=1S/C26H17N3O3/c27-15-18-4-1-7-21(12-18)24-31-25(22-8-2-5-19(13-22)16-28)10-11-30-26(25,32-24)23-9-3-6-20(14-23)17-29/h1-9,12-14,24H,10-11H2/t24-,25-,26+/m1/s1. The number of nitriles is 3. The molecule has 0 aliphatic carbocycles. The van der Waals surface area contributed by atoms with E-state index < -0.39 is 17.7 Å². The third-order valence-corrected chi connectivity index (χ3v) is 5.99. The summed E-state index contributed by atoms with van der Waals surface area (Å²) in [6, 6.07) is 27.9. The van der Waals surface area contributed by atoms with Gasteiger partial charge in [0.2, 0.25) is 5.79 Å². The van der Waals surface area contributed by atoms with E-state index in [1.807, 2.05) is 24.3 Å². The lowest BCUT2D eigenvalue weighted by atomic mass is 9.80. The molecule has 2 saturated heterocycles. The van der Waals surface area contributed by atoms with E-state index in [-0.39, 0.29) is 0 Å². The number of hydrogen-bond acceptors (Lipinski definition) is 6. The fourth-order valence-corrected chi connectivity index (χ4v) is 4.55. The van der Waals surface area contributed by atoms with E-state index in [2.05, 4.69) is 18.2 Å². The number of nitrogens with zero attached hydrogens (tertiary/aromatic N) is 3. The van der Waals surface area contributed by atoms with E-state index in [4.69, 9.17) is 14.2 Å². The minimum atomic E-state index is -1.32. The molecule has 154 valence electrons. The molecule has 2 aliphatic heterocycles. The Hall–Kier alpha value is -3.99. The van der Waals surface area contributed by atoms with Crippen molar-refractivity contribution in [3.63, 3.8) is 0 Å². The number of fused-ring (bicyclic) bond motifs is 1. The Bertz CT molecular complexity index is 1260. The molecule has 5 rings (SSSR count). The van der Waals surface area contributed by atoms with Crippen LogP contribution in [0.5, 0.6) is 0 Å². The quantitative estimate of drug-likeness (QED) is 0.619. The number of ether oxygens (including phenoxy) is 3. The van der Waals surface area contributed by atoms with Crippen molar-refractivity contribution in [2.75, 3.05) is 6.61 Å². The highest BCUT2D eigenvalue weighted by Gasteiger charge is 2.67. The summed E-state index contributed by atoms with van der Waals surface area (Å²) in [5.41, 5.74) is 2.54. The van der Waals surface area contributed by atoms with E-state index in [0.29, 0.717) is 40.8 Å². The van der Waals surface area contributed by atoms with Gasteiger partial charge in [-0.25, -0.2) is 0 Å². The Balaban J connectivity index is 1.71. The predicted octanol–water partition coefficient (Wildman–Crippen LogP) is 4.52. The molecule has 2 heterocycles. The fourth-order valence-electron chi connectivity index (χ4n) is 4.55. The van der Waals surface area contributed by atoms with Gasteiger partial charge >= 0.3 is 0 Å². The average Bonchev–Trinajstić information content (AvgIpc) is 3.39. The van der Waals surface area contributed by atoms with Gasteiger partial charge in [0.05, 0.1) is 41.5 Å². The second-order valence-electron chi connectivity index (χ2n) is 7.73. The molecule has 0 spiro atoms. The molecule has 0 aromatic heterocycles. The highest BCUT2D eigenvalue weighted by molar-refractivity contribution is 5.44. The van der Waals surface area contributed by atoms with E-state index in [1.165, 1.54) is 0 Å². The molecule has 0 N–H and O–H groups in total. The molecule has 0 radical (unpaired) electrons. The second kappa shape index (κ2) is 7.61. The van der Waals surface area contributed by atoms with Gasteiger partial charge in [0, 0.05) is 17.5 Å². The molecule has 2 fully saturated rings. The first-order valence-corrected chi connectivity index (χ1v) is 10.1. The van der Waals surface area contributed by atoms with Crippen LogP contribution in [-0.2, 0) is 25.6 Å². The van der Waals surface area contributed by atoms with Crippen LogP contribution in [0.4, 0.5) is 0 Å². The minimum Gasteiger partial charge on any atom is -0.343 e. The summed E-state index contributed by atoms with van der Waals surface area (Å²) in [5.74, 6) is -1.32. The summed E-state index contributed by atoms with van der Waals surface area (Å²) in [4.78, 5) is 0. The molecule has 0 saturated carbocycles. The molecule has 0 unspecified atom stereocenters. The first-order chi connectivity index (χ1) is 15.6. The molecule has 3 aromatic rings. The zero-order chi connectivity index (χ0) is 22.2. The van der Waals surface area contributed by atoms with Gasteiger partial charge in [-0.15, -0.1) is 0 Å². The molecule has 6 nitrogen and oxygen atoms in total. The maximum atomic E-state index is 9.46. The summed E-state index contributed by atoms with van der Waals surface area (Å²) in [5, 5.41) is 28.2. The van der Waals surface area contributed by atoms with Crippen LogP contribution in [0.2, 0.25) is 0 Å². The highest BCUT2D eigenvalue weighted by Crippen LogP contribution is 2.62. The summed E-state index contributed by atoms with van der Waals surface area (Å²) < 4.78 is 19.4. The van der Waals surface area contributed by atoms with Gasteiger partial charge in [-0.05, 0) is 42.0 Å². The Morgan fingerprint density at radius 3 is 2.00 bits per heavy atom. The average molecular weight is 419 g/mol. The number of hydrogen-bond donors (Lipinski definition) is 0. The van der Waals surface area contributed by atoms with E-state index >= 15 is 0 Å². The van der Waals surface area contributed by atoms with Crippen molar-refractivity contribution in [2.24, 2.45) is 0 Å². The zero-order valence-electron chi connectivity index (χ0n) is 17.0. The van der Waals surface area contributed by atoms with Gasteiger partial charge in [0.15, 0.2) is 11.9 Å². The van der Waals surface area contributed by atoms with Crippen LogP contribution < -0.4 is 0 Å². The Labute approximate surface area is 185 Å². The van der Waals surface area contributed by atoms with Crippen molar-refractivity contribution in [3.05, 3.63) is 106 Å². The van der Waals surface area contributed by atoms with Crippen LogP contribution in [0.15, 0.2) is 72.8 Å². The molecular formula is C26H17N3O3.